The summed E-state index contributed by atoms with van der Waals surface area (Å²) in [6.45, 7) is 1.28. The zero-order valence-corrected chi connectivity index (χ0v) is 19.9. The zero-order chi connectivity index (χ0) is 22.7. The highest BCUT2D eigenvalue weighted by atomic mass is 32.2. The number of methoxy groups -OCH3 is 1. The van der Waals surface area contributed by atoms with Crippen molar-refractivity contribution in [2.75, 3.05) is 30.4 Å². The minimum absolute atomic E-state index is 0.0318. The molecule has 0 aromatic heterocycles. The predicted octanol–water partition coefficient (Wildman–Crippen LogP) is 2.92. The van der Waals surface area contributed by atoms with Gasteiger partial charge in [-0.25, -0.2) is 12.8 Å². The average Bonchev–Trinajstić information content (AvgIpc) is 2.70. The Morgan fingerprint density at radius 2 is 1.97 bits per heavy atom. The topological polar surface area (TPSA) is 95.9 Å². The summed E-state index contributed by atoms with van der Waals surface area (Å²) in [5.41, 5.74) is 0.860. The fourth-order valence-electron chi connectivity index (χ4n) is 2.65. The Morgan fingerprint density at radius 1 is 1.30 bits per heavy atom. The summed E-state index contributed by atoms with van der Waals surface area (Å²) in [5, 5.41) is 7.39. The van der Waals surface area contributed by atoms with Crippen LogP contribution in [0.4, 0.5) is 15.8 Å². The quantitative estimate of drug-likeness (QED) is 0.574. The maximum Gasteiger partial charge on any atom is 0.265 e. The normalized spacial score (nSPS) is 12.9. The molecule has 0 heterocycles. The van der Waals surface area contributed by atoms with Gasteiger partial charge in [0.25, 0.3) is 10.0 Å². The molecule has 0 saturated heterocycles. The standard InChI is InChI=1S/C19H25FN2O5P2S/c1-12(11-23)18(24)22(2)15-7-8-17(16(10-15)27-3)30(25,26)21-14-6-4-5-13(9-14)19(20,28)29/h4-10,12,21,23H,11,28-29H2,1-3H3/t12-/m1/s1. The summed E-state index contributed by atoms with van der Waals surface area (Å²) < 4.78 is 47.6. The molecule has 3 atom stereocenters. The Labute approximate surface area is 180 Å². The maximum absolute atomic E-state index is 14.1. The molecule has 0 spiro atoms. The molecule has 0 saturated carbocycles. The summed E-state index contributed by atoms with van der Waals surface area (Å²) in [7, 11) is 2.83. The Morgan fingerprint density at radius 3 is 2.53 bits per heavy atom. The van der Waals surface area contributed by atoms with Gasteiger partial charge in [-0.3, -0.25) is 9.52 Å². The predicted molar refractivity (Wildman–Crippen MR) is 122 cm³/mol. The molecule has 7 nitrogen and oxygen atoms in total. The van der Waals surface area contributed by atoms with Crippen LogP contribution < -0.4 is 14.4 Å². The van der Waals surface area contributed by atoms with Gasteiger partial charge in [0.1, 0.15) is 10.6 Å². The highest BCUT2D eigenvalue weighted by Gasteiger charge is 2.24. The van der Waals surface area contributed by atoms with Crippen molar-refractivity contribution in [1.82, 2.24) is 0 Å². The average molecular weight is 474 g/mol. The van der Waals surface area contributed by atoms with Crippen LogP contribution in [0.15, 0.2) is 47.4 Å². The summed E-state index contributed by atoms with van der Waals surface area (Å²) in [4.78, 5) is 13.4. The number of aliphatic hydroxyl groups is 1. The van der Waals surface area contributed by atoms with Crippen molar-refractivity contribution in [3.05, 3.63) is 48.0 Å². The first-order valence-corrected chi connectivity index (χ1v) is 11.5. The van der Waals surface area contributed by atoms with Crippen LogP contribution in [0.2, 0.25) is 0 Å². The number of hydrogen-bond donors (Lipinski definition) is 2. The number of rotatable bonds is 8. The molecule has 11 heteroatoms. The number of benzene rings is 2. The van der Waals surface area contributed by atoms with E-state index in [-0.39, 0.29) is 34.4 Å². The lowest BCUT2D eigenvalue weighted by molar-refractivity contribution is -0.122. The summed E-state index contributed by atoms with van der Waals surface area (Å²) in [6, 6.07) is 10.2. The second kappa shape index (κ2) is 9.56. The van der Waals surface area contributed by atoms with E-state index in [0.717, 1.165) is 0 Å². The minimum atomic E-state index is -4.06. The van der Waals surface area contributed by atoms with Crippen molar-refractivity contribution < 1.29 is 27.4 Å². The summed E-state index contributed by atoms with van der Waals surface area (Å²) in [6.07, 6.45) is 0. The number of ether oxygens (including phenoxy) is 1. The largest absolute Gasteiger partial charge is 0.495 e. The molecule has 1 amide bonds. The lowest BCUT2D eigenvalue weighted by Crippen LogP contribution is -2.33. The number of carbonyl (C=O) groups is 1. The van der Waals surface area contributed by atoms with Crippen molar-refractivity contribution in [2.24, 2.45) is 5.92 Å². The Hall–Kier alpha value is -1.79. The van der Waals surface area contributed by atoms with Crippen LogP contribution in [0.5, 0.6) is 5.75 Å². The number of carbonyl (C=O) groups excluding carboxylic acids is 1. The molecule has 0 fully saturated rings. The fraction of sp³-hybridized carbons (Fsp3) is 0.316. The molecule has 0 aliphatic heterocycles. The molecular weight excluding hydrogens is 449 g/mol. The third-order valence-corrected chi connectivity index (χ3v) is 6.49. The molecule has 2 aromatic carbocycles. The third kappa shape index (κ3) is 5.67. The highest BCUT2D eigenvalue weighted by molar-refractivity contribution is 7.92. The number of amides is 1. The molecule has 2 unspecified atom stereocenters. The van der Waals surface area contributed by atoms with Gasteiger partial charge >= 0.3 is 0 Å². The van der Waals surface area contributed by atoms with Gasteiger partial charge in [-0.2, -0.15) is 0 Å². The Kier molecular flexibility index (Phi) is 7.80. The van der Waals surface area contributed by atoms with E-state index in [0.29, 0.717) is 5.69 Å². The van der Waals surface area contributed by atoms with Gasteiger partial charge in [-0.1, -0.05) is 37.5 Å². The van der Waals surface area contributed by atoms with Gasteiger partial charge in [0.2, 0.25) is 5.91 Å². The van der Waals surface area contributed by atoms with E-state index in [9.17, 15) is 22.7 Å². The van der Waals surface area contributed by atoms with Crippen LogP contribution in [0.1, 0.15) is 12.5 Å². The van der Waals surface area contributed by atoms with Gasteiger partial charge in [0, 0.05) is 24.5 Å². The molecule has 2 aromatic rings. The zero-order valence-electron chi connectivity index (χ0n) is 16.8. The number of anilines is 2. The monoisotopic (exact) mass is 474 g/mol. The van der Waals surface area contributed by atoms with E-state index in [1.165, 1.54) is 55.5 Å². The molecular formula is C19H25FN2O5P2S. The van der Waals surface area contributed by atoms with Gasteiger partial charge in [-0.05, 0) is 29.8 Å². The van der Waals surface area contributed by atoms with Crippen LogP contribution in [0, 0.1) is 5.92 Å². The number of alkyl halides is 1. The molecule has 30 heavy (non-hydrogen) atoms. The first-order chi connectivity index (χ1) is 13.9. The van der Waals surface area contributed by atoms with E-state index < -0.39 is 21.1 Å². The van der Waals surface area contributed by atoms with Crippen LogP contribution >= 0.6 is 18.5 Å². The Bertz CT molecular complexity index is 1030. The minimum Gasteiger partial charge on any atom is -0.495 e. The van der Waals surface area contributed by atoms with Crippen molar-refractivity contribution in [1.29, 1.82) is 0 Å². The van der Waals surface area contributed by atoms with E-state index in [2.05, 4.69) is 4.72 Å². The number of sulfonamides is 1. The summed E-state index contributed by atoms with van der Waals surface area (Å²) in [5.74, 6) is -0.895. The first kappa shape index (κ1) is 24.5. The van der Waals surface area contributed by atoms with E-state index in [1.807, 2.05) is 18.5 Å². The SMILES string of the molecule is COc1cc(N(C)C(=O)[C@H](C)CO)ccc1S(=O)(=O)Nc1cccc(C(F)(P)P)c1. The fourth-order valence-corrected chi connectivity index (χ4v) is 4.21. The lowest BCUT2D eigenvalue weighted by atomic mass is 10.1. The molecule has 0 bridgehead atoms. The maximum atomic E-state index is 14.1. The third-order valence-electron chi connectivity index (χ3n) is 4.41. The molecule has 2 rings (SSSR count). The molecule has 2 N–H and O–H groups in total. The smallest absolute Gasteiger partial charge is 0.265 e. The van der Waals surface area contributed by atoms with Crippen LogP contribution in [0.25, 0.3) is 0 Å². The van der Waals surface area contributed by atoms with Gasteiger partial charge in [-0.15, -0.1) is 0 Å². The van der Waals surface area contributed by atoms with Crippen molar-refractivity contribution in [3.8, 4) is 5.75 Å². The lowest BCUT2D eigenvalue weighted by Gasteiger charge is -2.22. The Balaban J connectivity index is 2.37. The number of halogens is 1. The first-order valence-electron chi connectivity index (χ1n) is 8.87. The molecule has 0 radical (unpaired) electrons. The number of aliphatic hydroxyl groups excluding tert-OH is 1. The van der Waals surface area contributed by atoms with E-state index >= 15 is 0 Å². The van der Waals surface area contributed by atoms with Crippen molar-refractivity contribution in [2.45, 2.75) is 17.0 Å². The van der Waals surface area contributed by atoms with Gasteiger partial charge in [0.15, 0.2) is 5.15 Å². The number of hydrogen-bond acceptors (Lipinski definition) is 5. The number of nitrogens with one attached hydrogen (secondary N) is 1. The second-order valence-electron chi connectivity index (χ2n) is 6.77. The van der Waals surface area contributed by atoms with Crippen LogP contribution in [-0.2, 0) is 20.0 Å². The summed E-state index contributed by atoms with van der Waals surface area (Å²) >= 11 is 0. The highest BCUT2D eigenvalue weighted by Crippen LogP contribution is 2.41. The molecule has 0 aliphatic carbocycles. The van der Waals surface area contributed by atoms with Gasteiger partial charge in [0.05, 0.1) is 19.6 Å². The number of nitrogens with zero attached hydrogens (tertiary/aromatic N) is 1. The van der Waals surface area contributed by atoms with Crippen molar-refractivity contribution >= 4 is 45.8 Å². The van der Waals surface area contributed by atoms with Crippen molar-refractivity contribution in [3.63, 3.8) is 0 Å². The van der Waals surface area contributed by atoms with Crippen LogP contribution in [-0.4, -0.2) is 40.2 Å². The molecule has 0 aliphatic rings. The van der Waals surface area contributed by atoms with Crippen LogP contribution in [0.3, 0.4) is 0 Å². The second-order valence-corrected chi connectivity index (χ2v) is 10.8. The van der Waals surface area contributed by atoms with Gasteiger partial charge < -0.3 is 14.7 Å². The van der Waals surface area contributed by atoms with E-state index in [1.54, 1.807) is 13.0 Å². The molecule has 164 valence electrons. The van der Waals surface area contributed by atoms with E-state index in [4.69, 9.17) is 4.74 Å².